The van der Waals surface area contributed by atoms with Gasteiger partial charge in [0.1, 0.15) is 0 Å². The van der Waals surface area contributed by atoms with E-state index in [2.05, 4.69) is 12.1 Å². The molecule has 0 amide bonds. The Bertz CT molecular complexity index is 1740. The van der Waals surface area contributed by atoms with Crippen LogP contribution in [0.25, 0.3) is 0 Å². The molecule has 4 saturated carbocycles. The first-order chi connectivity index (χ1) is 22.5. The largest absolute Gasteiger partial charge is 0.466 e. The van der Waals surface area contributed by atoms with Crippen LogP contribution in [-0.2, 0) is 23.3 Å². The molecule has 4 aliphatic carbocycles. The standard InChI is InChI=1S/C38H38F2O5S2/c1-27-12-11-13-30(20-27)35-31-22-28-21-29(23-31)25-37(35,24-28)26-44-36(41)38(39,40)47(42,43)45-46(32-14-5-2-6-15-32,33-16-7-3-8-17-33)34-18-9-4-10-19-34/h2-20,28-29,31,35H,21-26H2,1H3. The summed E-state index contributed by atoms with van der Waals surface area (Å²) in [7, 11) is -9.16. The van der Waals surface area contributed by atoms with E-state index in [4.69, 9.17) is 8.37 Å². The van der Waals surface area contributed by atoms with Gasteiger partial charge in [-0.2, -0.15) is 17.2 Å². The smallest absolute Gasteiger partial charge is 0.460 e. The molecule has 246 valence electrons. The lowest BCUT2D eigenvalue weighted by molar-refractivity contribution is -0.174. The number of rotatable bonds is 10. The Morgan fingerprint density at radius 2 is 1.28 bits per heavy atom. The Morgan fingerprint density at radius 3 is 1.77 bits per heavy atom. The SMILES string of the molecule is Cc1cccc(C2C3CC4CC(C3)CC2(COC(=O)C(F)(F)S(=O)(=O)OS(c2ccccc2)(c2ccccc2)c2ccccc2)C4)c1. The van der Waals surface area contributed by atoms with E-state index < -0.39 is 37.1 Å². The van der Waals surface area contributed by atoms with Crippen LogP contribution in [0.1, 0.15) is 49.1 Å². The maximum absolute atomic E-state index is 16.1. The summed E-state index contributed by atoms with van der Waals surface area (Å²) in [4.78, 5) is 14.5. The molecule has 8 rings (SSSR count). The number of carbonyl (C=O) groups is 1. The predicted molar refractivity (Wildman–Crippen MR) is 178 cm³/mol. The number of alkyl halides is 2. The van der Waals surface area contributed by atoms with Gasteiger partial charge in [0.05, 0.1) is 6.61 Å². The van der Waals surface area contributed by atoms with Crippen LogP contribution in [0.3, 0.4) is 0 Å². The van der Waals surface area contributed by atoms with Gasteiger partial charge in [0.15, 0.2) is 0 Å². The highest BCUT2D eigenvalue weighted by atomic mass is 32.3. The maximum atomic E-state index is 16.1. The van der Waals surface area contributed by atoms with E-state index in [9.17, 15) is 13.2 Å². The van der Waals surface area contributed by atoms with Gasteiger partial charge in [-0.25, -0.2) is 8.42 Å². The summed E-state index contributed by atoms with van der Waals surface area (Å²) in [5.41, 5.74) is 1.72. The molecule has 0 spiro atoms. The van der Waals surface area contributed by atoms with Gasteiger partial charge in [-0.1, -0.05) is 84.4 Å². The number of benzene rings is 4. The number of halogens is 2. The minimum Gasteiger partial charge on any atom is -0.460 e. The number of esters is 1. The zero-order chi connectivity index (χ0) is 32.9. The summed E-state index contributed by atoms with van der Waals surface area (Å²) in [6.07, 6.45) is 4.79. The highest BCUT2D eigenvalue weighted by molar-refractivity contribution is 8.33. The minimum absolute atomic E-state index is 0.0517. The first-order valence-electron chi connectivity index (χ1n) is 16.1. The third kappa shape index (κ3) is 5.60. The van der Waals surface area contributed by atoms with Crippen LogP contribution < -0.4 is 0 Å². The fraction of sp³-hybridized carbons (Fsp3) is 0.342. The first-order valence-corrected chi connectivity index (χ1v) is 19.1. The molecule has 0 aliphatic heterocycles. The van der Waals surface area contributed by atoms with Crippen LogP contribution in [0.5, 0.6) is 0 Å². The molecule has 47 heavy (non-hydrogen) atoms. The lowest BCUT2D eigenvalue weighted by Gasteiger charge is -2.61. The lowest BCUT2D eigenvalue weighted by Crippen LogP contribution is -2.54. The molecule has 4 bridgehead atoms. The van der Waals surface area contributed by atoms with Crippen molar-refractivity contribution in [2.24, 2.45) is 23.2 Å². The molecule has 9 heteroatoms. The average molecular weight is 677 g/mol. The third-order valence-corrected chi connectivity index (χ3v) is 15.5. The van der Waals surface area contributed by atoms with Crippen LogP contribution in [0.4, 0.5) is 8.78 Å². The fourth-order valence-electron chi connectivity index (χ4n) is 8.84. The van der Waals surface area contributed by atoms with Crippen molar-refractivity contribution >= 4 is 26.4 Å². The molecule has 0 aromatic heterocycles. The highest BCUT2D eigenvalue weighted by Gasteiger charge is 2.61. The van der Waals surface area contributed by atoms with Crippen molar-refractivity contribution in [1.82, 2.24) is 0 Å². The summed E-state index contributed by atoms with van der Waals surface area (Å²) in [6, 6.07) is 33.6. The summed E-state index contributed by atoms with van der Waals surface area (Å²) in [6.45, 7) is 1.77. The van der Waals surface area contributed by atoms with Crippen molar-refractivity contribution in [1.29, 1.82) is 0 Å². The lowest BCUT2D eigenvalue weighted by atomic mass is 9.44. The Balaban J connectivity index is 1.22. The second-order valence-corrected chi connectivity index (χ2v) is 18.0. The number of hydrogen-bond acceptors (Lipinski definition) is 5. The number of carbonyl (C=O) groups excluding carboxylic acids is 1. The van der Waals surface area contributed by atoms with Gasteiger partial charge in [-0.3, -0.25) is 0 Å². The van der Waals surface area contributed by atoms with E-state index in [1.807, 2.05) is 19.1 Å². The summed E-state index contributed by atoms with van der Waals surface area (Å²) < 4.78 is 71.1. The Hall–Kier alpha value is -3.53. The molecule has 5 nitrogen and oxygen atoms in total. The average Bonchev–Trinajstić information content (AvgIpc) is 3.07. The zero-order valence-electron chi connectivity index (χ0n) is 26.1. The second-order valence-electron chi connectivity index (χ2n) is 13.5. The minimum atomic E-state index is -5.88. The van der Waals surface area contributed by atoms with E-state index in [0.29, 0.717) is 32.4 Å². The Labute approximate surface area is 277 Å². The molecule has 0 saturated heterocycles. The van der Waals surface area contributed by atoms with Gasteiger partial charge in [-0.05, 0) is 115 Å². The van der Waals surface area contributed by atoms with Crippen molar-refractivity contribution in [3.63, 3.8) is 0 Å². The van der Waals surface area contributed by atoms with Gasteiger partial charge < -0.3 is 4.74 Å². The molecule has 4 aromatic carbocycles. The Kier molecular flexibility index (Phi) is 8.30. The van der Waals surface area contributed by atoms with Gasteiger partial charge >= 0.3 is 21.3 Å². The first kappa shape index (κ1) is 32.0. The van der Waals surface area contributed by atoms with Gasteiger partial charge in [0.25, 0.3) is 0 Å². The molecule has 4 fully saturated rings. The van der Waals surface area contributed by atoms with Crippen LogP contribution in [0, 0.1) is 30.1 Å². The van der Waals surface area contributed by atoms with Crippen molar-refractivity contribution in [3.05, 3.63) is 126 Å². The molecular weight excluding hydrogens is 639 g/mol. The fourth-order valence-corrected chi connectivity index (χ4v) is 13.9. The molecule has 4 aromatic rings. The van der Waals surface area contributed by atoms with E-state index in [1.54, 1.807) is 91.0 Å². The van der Waals surface area contributed by atoms with Crippen LogP contribution >= 0.6 is 10.3 Å². The number of hydrogen-bond donors (Lipinski definition) is 0. The number of ether oxygens (including phenoxy) is 1. The van der Waals surface area contributed by atoms with Gasteiger partial charge in [-0.15, -0.1) is 0 Å². The maximum Gasteiger partial charge on any atom is 0.466 e. The van der Waals surface area contributed by atoms with Crippen molar-refractivity contribution in [2.75, 3.05) is 6.61 Å². The predicted octanol–water partition coefficient (Wildman–Crippen LogP) is 9.28. The van der Waals surface area contributed by atoms with Crippen LogP contribution in [0.2, 0.25) is 0 Å². The highest BCUT2D eigenvalue weighted by Crippen LogP contribution is 2.71. The Morgan fingerprint density at radius 1 is 0.766 bits per heavy atom. The van der Waals surface area contributed by atoms with Crippen LogP contribution in [-0.4, -0.2) is 26.2 Å². The molecular formula is C38H38F2O5S2. The van der Waals surface area contributed by atoms with Crippen molar-refractivity contribution in [2.45, 2.75) is 64.9 Å². The number of aryl methyl sites for hydroxylation is 1. The van der Waals surface area contributed by atoms with Gasteiger partial charge in [0.2, 0.25) is 0 Å². The second kappa shape index (κ2) is 12.2. The molecule has 3 unspecified atom stereocenters. The van der Waals surface area contributed by atoms with E-state index in [0.717, 1.165) is 43.2 Å². The molecule has 0 N–H and O–H groups in total. The summed E-state index contributed by atoms with van der Waals surface area (Å²) in [5, 5.41) is -4.95. The topological polar surface area (TPSA) is 69.7 Å². The monoisotopic (exact) mass is 676 g/mol. The third-order valence-electron chi connectivity index (χ3n) is 10.3. The van der Waals surface area contributed by atoms with E-state index in [1.165, 1.54) is 0 Å². The quantitative estimate of drug-likeness (QED) is 0.157. The van der Waals surface area contributed by atoms with Crippen molar-refractivity contribution in [3.8, 4) is 0 Å². The van der Waals surface area contributed by atoms with E-state index in [-0.39, 0.29) is 12.5 Å². The van der Waals surface area contributed by atoms with Gasteiger partial charge in [0, 0.05) is 20.1 Å². The van der Waals surface area contributed by atoms with E-state index >= 15 is 8.78 Å². The summed E-state index contributed by atoms with van der Waals surface area (Å²) in [5.74, 6) is -0.769. The summed E-state index contributed by atoms with van der Waals surface area (Å²) >= 11 is 0. The zero-order valence-corrected chi connectivity index (χ0v) is 27.8. The van der Waals surface area contributed by atoms with Crippen LogP contribution in [0.15, 0.2) is 130 Å². The normalized spacial score (nSPS) is 25.8. The molecule has 0 radical (unpaired) electrons. The van der Waals surface area contributed by atoms with Crippen molar-refractivity contribution < 1.29 is 30.4 Å². The molecule has 4 aliphatic rings. The molecule has 0 heterocycles. The molecule has 3 atom stereocenters.